The lowest BCUT2D eigenvalue weighted by Crippen LogP contribution is -2.19. The van der Waals surface area contributed by atoms with E-state index in [0.29, 0.717) is 6.07 Å². The van der Waals surface area contributed by atoms with Crippen LogP contribution < -0.4 is 4.74 Å². The smallest absolute Gasteiger partial charge is 0.417 e. The Kier molecular flexibility index (Phi) is 4.54. The molecule has 24 heavy (non-hydrogen) atoms. The van der Waals surface area contributed by atoms with Gasteiger partial charge in [-0.2, -0.15) is 26.3 Å². The number of esters is 1. The van der Waals surface area contributed by atoms with Gasteiger partial charge in [-0.3, -0.25) is 0 Å². The summed E-state index contributed by atoms with van der Waals surface area (Å²) in [5, 5.41) is 0. The number of carbonyl (C=O) groups is 1. The highest BCUT2D eigenvalue weighted by Crippen LogP contribution is 2.36. The summed E-state index contributed by atoms with van der Waals surface area (Å²) in [6, 6.07) is 4.29. The van der Waals surface area contributed by atoms with Gasteiger partial charge in [0, 0.05) is 6.07 Å². The van der Waals surface area contributed by atoms with Crippen LogP contribution in [0.25, 0.3) is 0 Å². The summed E-state index contributed by atoms with van der Waals surface area (Å²) in [5.74, 6) is -2.95. The highest BCUT2D eigenvalue weighted by Gasteiger charge is 2.39. The van der Waals surface area contributed by atoms with Gasteiger partial charge in [-0.25, -0.2) is 9.18 Å². The number of alkyl halides is 6. The first-order chi connectivity index (χ1) is 11.0. The molecule has 0 aliphatic heterocycles. The maximum atomic E-state index is 13.0. The molecule has 0 fully saturated rings. The van der Waals surface area contributed by atoms with Crippen molar-refractivity contribution in [3.05, 3.63) is 65.0 Å². The SMILES string of the molecule is O=C(Oc1cccc(F)c1)c1cc(C(F)(F)F)ccc1C(F)(F)F. The van der Waals surface area contributed by atoms with Crippen molar-refractivity contribution in [3.63, 3.8) is 0 Å². The van der Waals surface area contributed by atoms with Gasteiger partial charge in [0.05, 0.1) is 16.7 Å². The van der Waals surface area contributed by atoms with Crippen molar-refractivity contribution >= 4 is 5.97 Å². The largest absolute Gasteiger partial charge is 0.423 e. The van der Waals surface area contributed by atoms with Crippen LogP contribution in [0.15, 0.2) is 42.5 Å². The van der Waals surface area contributed by atoms with Crippen molar-refractivity contribution in [2.45, 2.75) is 12.4 Å². The number of hydrogen-bond acceptors (Lipinski definition) is 2. The van der Waals surface area contributed by atoms with Crippen LogP contribution in [0.1, 0.15) is 21.5 Å². The maximum absolute atomic E-state index is 13.0. The molecule has 0 amide bonds. The molecule has 2 aromatic rings. The van der Waals surface area contributed by atoms with E-state index in [4.69, 9.17) is 0 Å². The zero-order valence-electron chi connectivity index (χ0n) is 11.5. The van der Waals surface area contributed by atoms with Crippen molar-refractivity contribution < 1.29 is 40.3 Å². The van der Waals surface area contributed by atoms with E-state index in [1.165, 1.54) is 0 Å². The van der Waals surface area contributed by atoms with Crippen LogP contribution in [-0.2, 0) is 12.4 Å². The molecule has 2 aromatic carbocycles. The van der Waals surface area contributed by atoms with Gasteiger partial charge < -0.3 is 4.74 Å². The van der Waals surface area contributed by atoms with Gasteiger partial charge in [-0.15, -0.1) is 0 Å². The molecule has 0 atom stereocenters. The third-order valence-electron chi connectivity index (χ3n) is 2.88. The molecule has 0 unspecified atom stereocenters. The lowest BCUT2D eigenvalue weighted by atomic mass is 10.0. The molecule has 0 aliphatic rings. The minimum atomic E-state index is -5.07. The first-order valence-corrected chi connectivity index (χ1v) is 6.24. The first kappa shape index (κ1) is 17.8. The molecule has 0 heterocycles. The molecule has 9 heteroatoms. The van der Waals surface area contributed by atoms with E-state index in [1.807, 2.05) is 0 Å². The van der Waals surface area contributed by atoms with E-state index in [2.05, 4.69) is 4.74 Å². The van der Waals surface area contributed by atoms with Crippen molar-refractivity contribution in [3.8, 4) is 5.75 Å². The van der Waals surface area contributed by atoms with Gasteiger partial charge in [-0.05, 0) is 30.3 Å². The Morgan fingerprint density at radius 1 is 0.875 bits per heavy atom. The fraction of sp³-hybridized carbons (Fsp3) is 0.133. The lowest BCUT2D eigenvalue weighted by Gasteiger charge is -2.15. The van der Waals surface area contributed by atoms with Crippen LogP contribution in [0.2, 0.25) is 0 Å². The van der Waals surface area contributed by atoms with Crippen LogP contribution in [0.5, 0.6) is 5.75 Å². The summed E-state index contributed by atoms with van der Waals surface area (Å²) in [6.45, 7) is 0. The molecule has 128 valence electrons. The van der Waals surface area contributed by atoms with Crippen LogP contribution in [0.4, 0.5) is 30.7 Å². The van der Waals surface area contributed by atoms with Gasteiger partial charge in [0.25, 0.3) is 0 Å². The molecule has 0 bridgehead atoms. The highest BCUT2D eigenvalue weighted by atomic mass is 19.4. The van der Waals surface area contributed by atoms with Gasteiger partial charge in [0.15, 0.2) is 0 Å². The zero-order valence-corrected chi connectivity index (χ0v) is 11.5. The van der Waals surface area contributed by atoms with Crippen LogP contribution in [-0.4, -0.2) is 5.97 Å². The minimum Gasteiger partial charge on any atom is -0.423 e. The maximum Gasteiger partial charge on any atom is 0.417 e. The zero-order chi connectivity index (χ0) is 18.1. The minimum absolute atomic E-state index is 0.0461. The van der Waals surface area contributed by atoms with Gasteiger partial charge in [0.1, 0.15) is 11.6 Å². The van der Waals surface area contributed by atoms with E-state index in [0.717, 1.165) is 18.2 Å². The lowest BCUT2D eigenvalue weighted by molar-refractivity contribution is -0.141. The Labute approximate surface area is 130 Å². The van der Waals surface area contributed by atoms with Gasteiger partial charge >= 0.3 is 18.3 Å². The molecular weight excluding hydrogens is 345 g/mol. The molecule has 0 N–H and O–H groups in total. The quantitative estimate of drug-likeness (QED) is 0.428. The van der Waals surface area contributed by atoms with E-state index in [1.54, 1.807) is 0 Å². The molecule has 0 aromatic heterocycles. The number of rotatable bonds is 2. The third-order valence-corrected chi connectivity index (χ3v) is 2.88. The van der Waals surface area contributed by atoms with Crippen molar-refractivity contribution in [1.29, 1.82) is 0 Å². The summed E-state index contributed by atoms with van der Waals surface area (Å²) >= 11 is 0. The van der Waals surface area contributed by atoms with Crippen molar-refractivity contribution in [2.75, 3.05) is 0 Å². The van der Waals surface area contributed by atoms with Gasteiger partial charge in [-0.1, -0.05) is 6.07 Å². The van der Waals surface area contributed by atoms with Crippen molar-refractivity contribution in [1.82, 2.24) is 0 Å². The Morgan fingerprint density at radius 2 is 1.54 bits per heavy atom. The third kappa shape index (κ3) is 4.03. The molecule has 0 saturated heterocycles. The molecule has 2 rings (SSSR count). The monoisotopic (exact) mass is 352 g/mol. The van der Waals surface area contributed by atoms with E-state index >= 15 is 0 Å². The number of carbonyl (C=O) groups excluding carboxylic acids is 1. The van der Waals surface area contributed by atoms with Crippen LogP contribution in [0, 0.1) is 5.82 Å². The summed E-state index contributed by atoms with van der Waals surface area (Å²) in [7, 11) is 0. The Morgan fingerprint density at radius 3 is 2.08 bits per heavy atom. The highest BCUT2D eigenvalue weighted by molar-refractivity contribution is 5.93. The van der Waals surface area contributed by atoms with E-state index < -0.39 is 46.6 Å². The summed E-state index contributed by atoms with van der Waals surface area (Å²) < 4.78 is 94.2. The van der Waals surface area contributed by atoms with Crippen LogP contribution >= 0.6 is 0 Å². The summed E-state index contributed by atoms with van der Waals surface area (Å²) in [6.07, 6.45) is -10.0. The van der Waals surface area contributed by atoms with Gasteiger partial charge in [0.2, 0.25) is 0 Å². The average molecular weight is 352 g/mol. The Balaban J connectivity index is 2.47. The number of ether oxygens (including phenoxy) is 1. The van der Waals surface area contributed by atoms with Crippen molar-refractivity contribution in [2.24, 2.45) is 0 Å². The fourth-order valence-electron chi connectivity index (χ4n) is 1.83. The topological polar surface area (TPSA) is 26.3 Å². The molecule has 0 radical (unpaired) electrons. The Bertz CT molecular complexity index is 763. The molecule has 0 spiro atoms. The summed E-state index contributed by atoms with van der Waals surface area (Å²) in [4.78, 5) is 11.9. The molecule has 0 aliphatic carbocycles. The average Bonchev–Trinajstić information content (AvgIpc) is 2.44. The molecule has 0 saturated carbocycles. The van der Waals surface area contributed by atoms with E-state index in [-0.39, 0.29) is 18.2 Å². The number of hydrogen-bond donors (Lipinski definition) is 0. The second-order valence-corrected chi connectivity index (χ2v) is 4.60. The Hall–Kier alpha value is -2.58. The summed E-state index contributed by atoms with van der Waals surface area (Å²) in [5.41, 5.74) is -4.35. The predicted molar refractivity (Wildman–Crippen MR) is 67.8 cm³/mol. The standard InChI is InChI=1S/C15H7F7O2/c16-9-2-1-3-10(7-9)24-13(23)11-6-8(14(17,18)19)4-5-12(11)15(20,21)22/h1-7H. The predicted octanol–water partition coefficient (Wildman–Crippen LogP) is 5.08. The number of halogens is 7. The fourth-order valence-corrected chi connectivity index (χ4v) is 1.83. The van der Waals surface area contributed by atoms with E-state index in [9.17, 15) is 35.5 Å². The number of benzene rings is 2. The molecular formula is C15H7F7O2. The molecule has 2 nitrogen and oxygen atoms in total. The van der Waals surface area contributed by atoms with Crippen LogP contribution in [0.3, 0.4) is 0 Å². The second kappa shape index (κ2) is 6.14. The second-order valence-electron chi connectivity index (χ2n) is 4.60. The normalized spacial score (nSPS) is 12.1. The first-order valence-electron chi connectivity index (χ1n) is 6.24.